The molecule has 1 aliphatic rings. The van der Waals surface area contributed by atoms with Crippen molar-refractivity contribution in [3.05, 3.63) is 29.3 Å². The molecule has 2 rings (SSSR count). The Morgan fingerprint density at radius 1 is 1.39 bits per heavy atom. The van der Waals surface area contributed by atoms with Gasteiger partial charge in [-0.05, 0) is 36.1 Å². The number of likely N-dealkylation sites (tertiary alicyclic amines) is 1. The van der Waals surface area contributed by atoms with Crippen molar-refractivity contribution in [2.45, 2.75) is 12.8 Å². The van der Waals surface area contributed by atoms with Gasteiger partial charge in [-0.3, -0.25) is 9.59 Å². The van der Waals surface area contributed by atoms with Crippen LogP contribution in [-0.4, -0.2) is 57.7 Å². The first-order valence-electron chi connectivity index (χ1n) is 7.74. The lowest BCUT2D eigenvalue weighted by Crippen LogP contribution is -2.29. The van der Waals surface area contributed by atoms with Gasteiger partial charge in [0.2, 0.25) is 5.91 Å². The van der Waals surface area contributed by atoms with Crippen LogP contribution in [0, 0.1) is 5.92 Å². The Morgan fingerprint density at radius 3 is 2.83 bits per heavy atom. The highest BCUT2D eigenvalue weighted by atomic mass is 16.5. The molecule has 0 aliphatic carbocycles. The molecule has 0 saturated carbocycles. The molecule has 1 atom stereocenters. The Bertz CT molecular complexity index is 574. The first-order valence-corrected chi connectivity index (χ1v) is 7.74. The summed E-state index contributed by atoms with van der Waals surface area (Å²) in [4.78, 5) is 25.7. The topological polar surface area (TPSA) is 67.9 Å². The number of amides is 2. The number of nitrogens with one attached hydrogen (secondary N) is 1. The Labute approximate surface area is 136 Å². The van der Waals surface area contributed by atoms with Crippen LogP contribution in [0.4, 0.5) is 0 Å². The van der Waals surface area contributed by atoms with Crippen LogP contribution in [-0.2, 0) is 16.0 Å². The van der Waals surface area contributed by atoms with E-state index in [-0.39, 0.29) is 17.7 Å². The zero-order valence-corrected chi connectivity index (χ0v) is 13.9. The number of benzene rings is 1. The fourth-order valence-electron chi connectivity index (χ4n) is 2.94. The van der Waals surface area contributed by atoms with Crippen molar-refractivity contribution in [2.75, 3.05) is 41.0 Å². The predicted octanol–water partition coefficient (Wildman–Crippen LogP) is 1.09. The molecule has 1 fully saturated rings. The lowest BCUT2D eigenvalue weighted by Gasteiger charge is -2.17. The second-order valence-electron chi connectivity index (χ2n) is 5.71. The van der Waals surface area contributed by atoms with E-state index in [2.05, 4.69) is 5.32 Å². The zero-order chi connectivity index (χ0) is 16.8. The van der Waals surface area contributed by atoms with E-state index in [1.165, 1.54) is 0 Å². The summed E-state index contributed by atoms with van der Waals surface area (Å²) in [6.45, 7) is 1.89. The van der Waals surface area contributed by atoms with Gasteiger partial charge in [0.25, 0.3) is 5.91 Å². The van der Waals surface area contributed by atoms with E-state index in [0.717, 1.165) is 17.9 Å². The summed E-state index contributed by atoms with van der Waals surface area (Å²) in [5.41, 5.74) is 1.56. The second-order valence-corrected chi connectivity index (χ2v) is 5.71. The minimum absolute atomic E-state index is 0.127. The van der Waals surface area contributed by atoms with Gasteiger partial charge >= 0.3 is 0 Å². The highest BCUT2D eigenvalue weighted by Crippen LogP contribution is 2.27. The van der Waals surface area contributed by atoms with Gasteiger partial charge < -0.3 is 19.7 Å². The number of hydrogen-bond acceptors (Lipinski definition) is 4. The van der Waals surface area contributed by atoms with E-state index in [1.807, 2.05) is 11.0 Å². The molecule has 1 saturated heterocycles. The molecule has 0 spiro atoms. The molecule has 1 unspecified atom stereocenters. The number of carbonyl (C=O) groups is 2. The number of ether oxygens (including phenoxy) is 2. The maximum absolute atomic E-state index is 12.0. The average Bonchev–Trinajstić information content (AvgIpc) is 2.91. The van der Waals surface area contributed by atoms with E-state index < -0.39 is 0 Å². The van der Waals surface area contributed by atoms with Crippen LogP contribution < -0.4 is 10.1 Å². The monoisotopic (exact) mass is 320 g/mol. The summed E-state index contributed by atoms with van der Waals surface area (Å²) in [7, 11) is 4.85. The average molecular weight is 320 g/mol. The molecular formula is C17H24N2O4. The summed E-state index contributed by atoms with van der Waals surface area (Å²) < 4.78 is 10.4. The van der Waals surface area contributed by atoms with E-state index in [0.29, 0.717) is 31.6 Å². The van der Waals surface area contributed by atoms with E-state index in [1.54, 1.807) is 33.4 Å². The quantitative estimate of drug-likeness (QED) is 0.817. The molecular weight excluding hydrogens is 296 g/mol. The van der Waals surface area contributed by atoms with Crippen LogP contribution in [0.15, 0.2) is 18.2 Å². The lowest BCUT2D eigenvalue weighted by atomic mass is 9.96. The normalized spacial score (nSPS) is 17.4. The Morgan fingerprint density at radius 2 is 2.17 bits per heavy atom. The fourth-order valence-corrected chi connectivity index (χ4v) is 2.94. The van der Waals surface area contributed by atoms with Crippen molar-refractivity contribution >= 4 is 11.8 Å². The van der Waals surface area contributed by atoms with Crippen molar-refractivity contribution in [2.24, 2.45) is 5.92 Å². The molecule has 1 aromatic carbocycles. The molecule has 6 nitrogen and oxygen atoms in total. The van der Waals surface area contributed by atoms with Crippen molar-refractivity contribution in [1.82, 2.24) is 10.2 Å². The van der Waals surface area contributed by atoms with Crippen LogP contribution in [0.2, 0.25) is 0 Å². The number of hydrogen-bond donors (Lipinski definition) is 1. The summed E-state index contributed by atoms with van der Waals surface area (Å²) >= 11 is 0. The minimum atomic E-state index is -0.127. The molecule has 2 amide bonds. The molecule has 1 aromatic rings. The standard InChI is InChI=1S/C17H24N2O4/c1-18-17(21)13-4-5-15(23-3)14(10-13)8-12-9-16(20)19(11-12)6-7-22-2/h4-5,10,12H,6-9,11H2,1-3H3,(H,18,21). The Balaban J connectivity index is 2.10. The van der Waals surface area contributed by atoms with Gasteiger partial charge in [-0.2, -0.15) is 0 Å². The van der Waals surface area contributed by atoms with Crippen LogP contribution >= 0.6 is 0 Å². The van der Waals surface area contributed by atoms with Gasteiger partial charge in [0.15, 0.2) is 0 Å². The van der Waals surface area contributed by atoms with Gasteiger partial charge in [0.05, 0.1) is 13.7 Å². The zero-order valence-electron chi connectivity index (χ0n) is 13.9. The molecule has 23 heavy (non-hydrogen) atoms. The number of methoxy groups -OCH3 is 2. The highest BCUT2D eigenvalue weighted by Gasteiger charge is 2.30. The molecule has 0 bridgehead atoms. The lowest BCUT2D eigenvalue weighted by molar-refractivity contribution is -0.128. The van der Waals surface area contributed by atoms with E-state index in [4.69, 9.17) is 9.47 Å². The molecule has 1 heterocycles. The molecule has 1 N–H and O–H groups in total. The summed E-state index contributed by atoms with van der Waals surface area (Å²) in [5, 5.41) is 2.62. The number of nitrogens with zero attached hydrogens (tertiary/aromatic N) is 1. The fraction of sp³-hybridized carbons (Fsp3) is 0.529. The minimum Gasteiger partial charge on any atom is -0.496 e. The van der Waals surface area contributed by atoms with Gasteiger partial charge in [-0.25, -0.2) is 0 Å². The predicted molar refractivity (Wildman–Crippen MR) is 86.7 cm³/mol. The van der Waals surface area contributed by atoms with Crippen LogP contribution in [0.5, 0.6) is 5.75 Å². The maximum Gasteiger partial charge on any atom is 0.251 e. The van der Waals surface area contributed by atoms with Crippen molar-refractivity contribution in [3.8, 4) is 5.75 Å². The Hall–Kier alpha value is -2.08. The third kappa shape index (κ3) is 4.22. The van der Waals surface area contributed by atoms with E-state index in [9.17, 15) is 9.59 Å². The van der Waals surface area contributed by atoms with Crippen LogP contribution in [0.1, 0.15) is 22.3 Å². The van der Waals surface area contributed by atoms with Gasteiger partial charge in [-0.15, -0.1) is 0 Å². The highest BCUT2D eigenvalue weighted by molar-refractivity contribution is 5.94. The largest absolute Gasteiger partial charge is 0.496 e. The van der Waals surface area contributed by atoms with Gasteiger partial charge in [0.1, 0.15) is 5.75 Å². The molecule has 126 valence electrons. The maximum atomic E-state index is 12.0. The van der Waals surface area contributed by atoms with Gasteiger partial charge in [0, 0.05) is 39.2 Å². The summed E-state index contributed by atoms with van der Waals surface area (Å²) in [6, 6.07) is 5.39. The second kappa shape index (κ2) is 7.97. The molecule has 6 heteroatoms. The number of rotatable bonds is 7. The van der Waals surface area contributed by atoms with Crippen LogP contribution in [0.3, 0.4) is 0 Å². The van der Waals surface area contributed by atoms with E-state index >= 15 is 0 Å². The Kier molecular flexibility index (Phi) is 5.98. The molecule has 1 aliphatic heterocycles. The summed E-state index contributed by atoms with van der Waals surface area (Å²) in [6.07, 6.45) is 1.24. The smallest absolute Gasteiger partial charge is 0.251 e. The third-order valence-electron chi connectivity index (χ3n) is 4.14. The SMILES string of the molecule is CNC(=O)c1ccc(OC)c(CC2CC(=O)N(CCOC)C2)c1. The first-order chi connectivity index (χ1) is 11.1. The van der Waals surface area contributed by atoms with Crippen molar-refractivity contribution < 1.29 is 19.1 Å². The first kappa shape index (κ1) is 17.3. The number of carbonyl (C=O) groups excluding carboxylic acids is 2. The van der Waals surface area contributed by atoms with Gasteiger partial charge in [-0.1, -0.05) is 0 Å². The van der Waals surface area contributed by atoms with Crippen molar-refractivity contribution in [1.29, 1.82) is 0 Å². The summed E-state index contributed by atoms with van der Waals surface area (Å²) in [5.74, 6) is 1.01. The molecule has 0 radical (unpaired) electrons. The van der Waals surface area contributed by atoms with Crippen LogP contribution in [0.25, 0.3) is 0 Å². The third-order valence-corrected chi connectivity index (χ3v) is 4.14. The molecule has 0 aromatic heterocycles. The van der Waals surface area contributed by atoms with Crippen molar-refractivity contribution in [3.63, 3.8) is 0 Å².